The van der Waals surface area contributed by atoms with Crippen LogP contribution in [-0.4, -0.2) is 20.4 Å². The van der Waals surface area contributed by atoms with Crippen molar-refractivity contribution in [2.24, 2.45) is 0 Å². The average molecular weight is 206 g/mol. The average Bonchev–Trinajstić information content (AvgIpc) is 2.22. The number of rotatable bonds is 1. The molecule has 15 heavy (non-hydrogen) atoms. The summed E-state index contributed by atoms with van der Waals surface area (Å²) in [6, 6.07) is 2.30. The summed E-state index contributed by atoms with van der Waals surface area (Å²) in [6.45, 7) is 0. The van der Waals surface area contributed by atoms with Crippen LogP contribution in [0.1, 0.15) is 0 Å². The van der Waals surface area contributed by atoms with Gasteiger partial charge in [-0.05, 0) is 0 Å². The molecule has 0 fully saturated rings. The van der Waals surface area contributed by atoms with Crippen molar-refractivity contribution in [2.45, 2.75) is 0 Å². The molecule has 0 saturated carbocycles. The van der Waals surface area contributed by atoms with Crippen LogP contribution in [0.3, 0.4) is 0 Å². The lowest BCUT2D eigenvalue weighted by Gasteiger charge is -1.96. The number of aromatic nitrogens is 4. The molecule has 2 rings (SSSR count). The van der Waals surface area contributed by atoms with E-state index in [-0.39, 0.29) is 5.56 Å². The number of nitrogens with one attached hydrogen (secondary N) is 3. The lowest BCUT2D eigenvalue weighted by molar-refractivity contribution is 0.949. The molecule has 0 atom stereocenters. The highest BCUT2D eigenvalue weighted by Gasteiger charge is 2.04. The third-order valence-electron chi connectivity index (χ3n) is 1.80. The minimum Gasteiger partial charge on any atom is -0.268 e. The van der Waals surface area contributed by atoms with Gasteiger partial charge in [-0.15, -0.1) is 0 Å². The summed E-state index contributed by atoms with van der Waals surface area (Å²) in [5.74, 6) is 0. The third-order valence-corrected chi connectivity index (χ3v) is 1.80. The Morgan fingerprint density at radius 2 is 1.80 bits per heavy atom. The highest BCUT2D eigenvalue weighted by Crippen LogP contribution is 2.07. The molecule has 7 nitrogen and oxygen atoms in total. The highest BCUT2D eigenvalue weighted by atomic mass is 16.1. The Labute approximate surface area is 81.8 Å². The summed E-state index contributed by atoms with van der Waals surface area (Å²) in [5.41, 5.74) is -0.970. The molecule has 0 unspecified atom stereocenters. The van der Waals surface area contributed by atoms with Crippen molar-refractivity contribution in [3.05, 3.63) is 49.4 Å². The van der Waals surface area contributed by atoms with Crippen molar-refractivity contribution in [1.29, 1.82) is 0 Å². The predicted molar refractivity (Wildman–Crippen MR) is 51.5 cm³/mol. The normalized spacial score (nSPS) is 10.1. The smallest absolute Gasteiger partial charge is 0.268 e. The van der Waals surface area contributed by atoms with E-state index in [0.29, 0.717) is 5.56 Å². The maximum atomic E-state index is 11.3. The molecular formula is C8H6N4O3. The Bertz CT molecular complexity index is 651. The van der Waals surface area contributed by atoms with E-state index in [0.717, 1.165) is 6.07 Å². The van der Waals surface area contributed by atoms with Gasteiger partial charge < -0.3 is 0 Å². The fraction of sp³-hybridized carbons (Fsp3) is 0. The summed E-state index contributed by atoms with van der Waals surface area (Å²) in [4.78, 5) is 33.2. The first-order valence-corrected chi connectivity index (χ1v) is 4.04. The number of nitrogens with zero attached hydrogens (tertiary/aromatic N) is 1. The molecule has 0 aliphatic rings. The summed E-state index contributed by atoms with van der Waals surface area (Å²) in [6.07, 6.45) is 1.30. The largest absolute Gasteiger partial charge is 0.270 e. The summed E-state index contributed by atoms with van der Waals surface area (Å²) in [7, 11) is 0. The van der Waals surface area contributed by atoms with Gasteiger partial charge in [0.2, 0.25) is 0 Å². The number of H-pyrrole nitrogens is 3. The molecule has 0 radical (unpaired) electrons. The van der Waals surface area contributed by atoms with Gasteiger partial charge in [-0.25, -0.2) is 5.10 Å². The first-order chi connectivity index (χ1) is 7.16. The second-order valence-corrected chi connectivity index (χ2v) is 2.84. The van der Waals surface area contributed by atoms with Crippen molar-refractivity contribution in [3.8, 4) is 11.1 Å². The molecule has 7 heteroatoms. The van der Waals surface area contributed by atoms with Gasteiger partial charge in [0, 0.05) is 17.7 Å². The van der Waals surface area contributed by atoms with E-state index in [1.165, 1.54) is 12.3 Å². The van der Waals surface area contributed by atoms with E-state index < -0.39 is 16.7 Å². The molecule has 0 aliphatic heterocycles. The molecule has 0 saturated heterocycles. The second kappa shape index (κ2) is 3.37. The number of aromatic amines is 3. The quantitative estimate of drug-likeness (QED) is 0.544. The molecule has 0 amide bonds. The van der Waals surface area contributed by atoms with Crippen LogP contribution in [0.15, 0.2) is 32.7 Å². The molecule has 2 aromatic rings. The number of hydrogen-bond acceptors (Lipinski definition) is 4. The van der Waals surface area contributed by atoms with Crippen LogP contribution in [0.4, 0.5) is 0 Å². The Morgan fingerprint density at radius 3 is 2.53 bits per heavy atom. The van der Waals surface area contributed by atoms with Crippen molar-refractivity contribution >= 4 is 0 Å². The van der Waals surface area contributed by atoms with E-state index >= 15 is 0 Å². The van der Waals surface area contributed by atoms with E-state index in [1.807, 2.05) is 0 Å². The van der Waals surface area contributed by atoms with Crippen LogP contribution in [0.25, 0.3) is 11.1 Å². The van der Waals surface area contributed by atoms with Crippen LogP contribution >= 0.6 is 0 Å². The fourth-order valence-electron chi connectivity index (χ4n) is 1.16. The molecule has 2 heterocycles. The minimum atomic E-state index is -0.484. The molecule has 0 aliphatic carbocycles. The first-order valence-electron chi connectivity index (χ1n) is 4.04. The van der Waals surface area contributed by atoms with Crippen molar-refractivity contribution < 1.29 is 0 Å². The van der Waals surface area contributed by atoms with Crippen LogP contribution in [0.5, 0.6) is 0 Å². The zero-order valence-electron chi connectivity index (χ0n) is 7.40. The van der Waals surface area contributed by atoms with Crippen LogP contribution in [0, 0.1) is 0 Å². The van der Waals surface area contributed by atoms with E-state index in [2.05, 4.69) is 20.4 Å². The molecule has 3 N–H and O–H groups in total. The van der Waals surface area contributed by atoms with E-state index in [4.69, 9.17) is 0 Å². The lowest BCUT2D eigenvalue weighted by Crippen LogP contribution is -2.20. The van der Waals surface area contributed by atoms with E-state index in [1.54, 1.807) is 0 Å². The van der Waals surface area contributed by atoms with Gasteiger partial charge in [0.15, 0.2) is 0 Å². The SMILES string of the molecule is O=c1cc(-c2cc(=O)[nH][nH]c2=O)cn[nH]1. The Hall–Kier alpha value is -2.44. The monoisotopic (exact) mass is 206 g/mol. The van der Waals surface area contributed by atoms with Gasteiger partial charge in [-0.3, -0.25) is 24.6 Å². The first kappa shape index (κ1) is 9.13. The summed E-state index contributed by atoms with van der Waals surface area (Å²) < 4.78 is 0. The van der Waals surface area contributed by atoms with Crippen LogP contribution < -0.4 is 16.7 Å². The topological polar surface area (TPSA) is 111 Å². The van der Waals surface area contributed by atoms with Crippen molar-refractivity contribution in [3.63, 3.8) is 0 Å². The Morgan fingerprint density at radius 1 is 1.00 bits per heavy atom. The molecule has 0 bridgehead atoms. The van der Waals surface area contributed by atoms with Gasteiger partial charge in [-0.1, -0.05) is 0 Å². The zero-order chi connectivity index (χ0) is 10.8. The minimum absolute atomic E-state index is 0.109. The van der Waals surface area contributed by atoms with E-state index in [9.17, 15) is 14.4 Å². The van der Waals surface area contributed by atoms with Gasteiger partial charge >= 0.3 is 0 Å². The van der Waals surface area contributed by atoms with Gasteiger partial charge in [0.25, 0.3) is 16.7 Å². The third kappa shape index (κ3) is 1.75. The summed E-state index contributed by atoms with van der Waals surface area (Å²) in [5, 5.41) is 9.98. The van der Waals surface area contributed by atoms with Gasteiger partial charge in [0.05, 0.1) is 11.8 Å². The maximum absolute atomic E-state index is 11.3. The molecule has 76 valence electrons. The maximum Gasteiger partial charge on any atom is 0.270 e. The fourth-order valence-corrected chi connectivity index (χ4v) is 1.16. The predicted octanol–water partition coefficient (Wildman–Crippen LogP) is -1.19. The molecular weight excluding hydrogens is 200 g/mol. The molecule has 0 spiro atoms. The van der Waals surface area contributed by atoms with Crippen molar-refractivity contribution in [2.75, 3.05) is 0 Å². The summed E-state index contributed by atoms with van der Waals surface area (Å²) >= 11 is 0. The van der Waals surface area contributed by atoms with Crippen LogP contribution in [-0.2, 0) is 0 Å². The van der Waals surface area contributed by atoms with Gasteiger partial charge in [-0.2, -0.15) is 5.10 Å². The second-order valence-electron chi connectivity index (χ2n) is 2.84. The number of hydrogen-bond donors (Lipinski definition) is 3. The van der Waals surface area contributed by atoms with Crippen molar-refractivity contribution in [1.82, 2.24) is 20.4 Å². The Kier molecular flexibility index (Phi) is 2.05. The zero-order valence-corrected chi connectivity index (χ0v) is 7.40. The van der Waals surface area contributed by atoms with Crippen LogP contribution in [0.2, 0.25) is 0 Å². The lowest BCUT2D eigenvalue weighted by atomic mass is 10.1. The van der Waals surface area contributed by atoms with Gasteiger partial charge in [0.1, 0.15) is 0 Å². The standard InChI is InChI=1S/C8H6N4O3/c13-6-1-4(3-9-10-6)5-2-7(14)11-12-8(5)15/h1-3H,(H,10,13)(H,11,14)(H,12,15). The molecule has 2 aromatic heterocycles. The molecule has 0 aromatic carbocycles. The highest BCUT2D eigenvalue weighted by molar-refractivity contribution is 5.59. The Balaban J connectivity index is 2.74.